The zero-order chi connectivity index (χ0) is 13.9. The van der Waals surface area contributed by atoms with Crippen molar-refractivity contribution in [2.24, 2.45) is 23.7 Å². The zero-order valence-corrected chi connectivity index (χ0v) is 11.6. The summed E-state index contributed by atoms with van der Waals surface area (Å²) in [4.78, 5) is 0. The molecular formula is C17H22O3. The highest BCUT2D eigenvalue weighted by Crippen LogP contribution is 2.49. The molecule has 2 N–H and O–H groups in total. The molecule has 1 aromatic rings. The first kappa shape index (κ1) is 13.8. The smallest absolute Gasteiger partial charge is 0.0808 e. The van der Waals surface area contributed by atoms with Gasteiger partial charge in [0.15, 0.2) is 0 Å². The first-order valence-electron chi connectivity index (χ1n) is 7.38. The van der Waals surface area contributed by atoms with Gasteiger partial charge in [0, 0.05) is 0 Å². The fourth-order valence-corrected chi connectivity index (χ4v) is 3.78. The molecule has 1 aromatic carbocycles. The molecule has 0 radical (unpaired) electrons. The van der Waals surface area contributed by atoms with Crippen LogP contribution < -0.4 is 0 Å². The van der Waals surface area contributed by atoms with Crippen molar-refractivity contribution in [2.75, 3.05) is 13.2 Å². The first-order valence-corrected chi connectivity index (χ1v) is 7.38. The Kier molecular flexibility index (Phi) is 4.20. The average molecular weight is 274 g/mol. The largest absolute Gasteiger partial charge is 0.394 e. The molecule has 0 amide bonds. The van der Waals surface area contributed by atoms with E-state index in [-0.39, 0.29) is 12.5 Å². The molecule has 2 bridgehead atoms. The van der Waals surface area contributed by atoms with Gasteiger partial charge in [-0.2, -0.15) is 0 Å². The topological polar surface area (TPSA) is 49.7 Å². The lowest BCUT2D eigenvalue weighted by atomic mass is 9.80. The monoisotopic (exact) mass is 274 g/mol. The maximum absolute atomic E-state index is 10.0. The summed E-state index contributed by atoms with van der Waals surface area (Å²) in [5.74, 6) is 1.39. The molecule has 0 aromatic heterocycles. The van der Waals surface area contributed by atoms with Crippen LogP contribution in [0.4, 0.5) is 0 Å². The fourth-order valence-electron chi connectivity index (χ4n) is 3.78. The van der Waals surface area contributed by atoms with Crippen molar-refractivity contribution in [2.45, 2.75) is 19.1 Å². The van der Waals surface area contributed by atoms with Gasteiger partial charge in [-0.05, 0) is 35.7 Å². The second-order valence-electron chi connectivity index (χ2n) is 5.94. The normalized spacial score (nSPS) is 32.7. The Hall–Kier alpha value is -1.16. The Morgan fingerprint density at radius 3 is 2.65 bits per heavy atom. The van der Waals surface area contributed by atoms with Crippen molar-refractivity contribution >= 4 is 0 Å². The van der Waals surface area contributed by atoms with Gasteiger partial charge in [0.25, 0.3) is 0 Å². The number of hydrogen-bond acceptors (Lipinski definition) is 3. The van der Waals surface area contributed by atoms with E-state index in [0.717, 1.165) is 6.42 Å². The second-order valence-corrected chi connectivity index (χ2v) is 5.94. The van der Waals surface area contributed by atoms with E-state index in [1.54, 1.807) is 0 Å². The lowest BCUT2D eigenvalue weighted by Crippen LogP contribution is -2.35. The van der Waals surface area contributed by atoms with Gasteiger partial charge in [0.1, 0.15) is 0 Å². The summed E-state index contributed by atoms with van der Waals surface area (Å²) in [5, 5.41) is 19.3. The number of allylic oxidation sites excluding steroid dienone is 2. The molecule has 0 spiro atoms. The molecule has 0 aliphatic heterocycles. The summed E-state index contributed by atoms with van der Waals surface area (Å²) >= 11 is 0. The highest BCUT2D eigenvalue weighted by atomic mass is 16.5. The molecule has 3 rings (SSSR count). The lowest BCUT2D eigenvalue weighted by molar-refractivity contribution is -0.0134. The van der Waals surface area contributed by atoms with Gasteiger partial charge < -0.3 is 14.9 Å². The number of aliphatic hydroxyl groups is 2. The minimum atomic E-state index is -0.625. The van der Waals surface area contributed by atoms with E-state index in [2.05, 4.69) is 24.3 Å². The Bertz CT molecular complexity index is 457. The molecule has 0 saturated heterocycles. The molecule has 3 heteroatoms. The van der Waals surface area contributed by atoms with Crippen molar-refractivity contribution in [1.29, 1.82) is 0 Å². The van der Waals surface area contributed by atoms with Gasteiger partial charge in [-0.15, -0.1) is 0 Å². The maximum atomic E-state index is 10.0. The lowest BCUT2D eigenvalue weighted by Gasteiger charge is -2.30. The van der Waals surface area contributed by atoms with E-state index in [9.17, 15) is 10.2 Å². The van der Waals surface area contributed by atoms with Gasteiger partial charge in [-0.25, -0.2) is 0 Å². The van der Waals surface area contributed by atoms with E-state index in [4.69, 9.17) is 4.74 Å². The summed E-state index contributed by atoms with van der Waals surface area (Å²) in [5.41, 5.74) is 1.17. The maximum Gasteiger partial charge on any atom is 0.0808 e. The number of ether oxygens (including phenoxy) is 1. The second kappa shape index (κ2) is 6.08. The Morgan fingerprint density at radius 2 is 1.90 bits per heavy atom. The van der Waals surface area contributed by atoms with Gasteiger partial charge in [0.05, 0.1) is 25.9 Å². The van der Waals surface area contributed by atoms with Crippen LogP contribution in [-0.4, -0.2) is 29.5 Å². The predicted molar refractivity (Wildman–Crippen MR) is 76.9 cm³/mol. The van der Waals surface area contributed by atoms with Gasteiger partial charge in [0.2, 0.25) is 0 Å². The van der Waals surface area contributed by atoms with Crippen LogP contribution in [0.25, 0.3) is 0 Å². The minimum absolute atomic E-state index is 0.144. The molecule has 5 atom stereocenters. The number of fused-ring (bicyclic) bond motifs is 2. The minimum Gasteiger partial charge on any atom is -0.394 e. The predicted octanol–water partition coefficient (Wildman–Crippen LogP) is 1.99. The van der Waals surface area contributed by atoms with Crippen LogP contribution in [0.2, 0.25) is 0 Å². The van der Waals surface area contributed by atoms with Gasteiger partial charge in [-0.3, -0.25) is 0 Å². The van der Waals surface area contributed by atoms with E-state index in [1.165, 1.54) is 5.56 Å². The van der Waals surface area contributed by atoms with Crippen LogP contribution in [0, 0.1) is 23.7 Å². The quantitative estimate of drug-likeness (QED) is 0.780. The third kappa shape index (κ3) is 2.66. The number of aliphatic hydroxyl groups excluding tert-OH is 2. The summed E-state index contributed by atoms with van der Waals surface area (Å²) in [6.07, 6.45) is 4.92. The van der Waals surface area contributed by atoms with E-state index in [1.807, 2.05) is 18.2 Å². The van der Waals surface area contributed by atoms with Crippen LogP contribution in [0.15, 0.2) is 42.5 Å². The Morgan fingerprint density at radius 1 is 1.15 bits per heavy atom. The standard InChI is InChI=1S/C17H22O3/c18-9-16(19)17-14-7-6-13(8-14)15(17)11-20-10-12-4-2-1-3-5-12/h1-7,13-19H,8-11H2/t13-,14+,15-,16+,17+/m0/s1. The molecule has 2 aliphatic carbocycles. The molecular weight excluding hydrogens is 252 g/mol. The molecule has 108 valence electrons. The van der Waals surface area contributed by atoms with Crippen molar-refractivity contribution in [3.63, 3.8) is 0 Å². The first-order chi connectivity index (χ1) is 9.79. The van der Waals surface area contributed by atoms with Crippen LogP contribution in [0.5, 0.6) is 0 Å². The SMILES string of the molecule is OC[C@@H](O)[C@H]1[C@@H](COCc2ccccc2)[C@H]2C=C[C@@H]1C2. The number of benzene rings is 1. The van der Waals surface area contributed by atoms with Gasteiger partial charge >= 0.3 is 0 Å². The van der Waals surface area contributed by atoms with Gasteiger partial charge in [-0.1, -0.05) is 42.5 Å². The highest BCUT2D eigenvalue weighted by Gasteiger charge is 2.47. The molecule has 0 unspecified atom stereocenters. The van der Waals surface area contributed by atoms with Crippen molar-refractivity contribution in [1.82, 2.24) is 0 Å². The summed E-state index contributed by atoms with van der Waals surface area (Å²) in [6, 6.07) is 10.1. The van der Waals surface area contributed by atoms with E-state index < -0.39 is 6.10 Å². The Labute approximate surface area is 119 Å². The zero-order valence-electron chi connectivity index (χ0n) is 11.6. The third-order valence-electron chi connectivity index (χ3n) is 4.74. The van der Waals surface area contributed by atoms with Crippen molar-refractivity contribution in [3.05, 3.63) is 48.0 Å². The van der Waals surface area contributed by atoms with Crippen LogP contribution in [0.3, 0.4) is 0 Å². The molecule has 20 heavy (non-hydrogen) atoms. The van der Waals surface area contributed by atoms with E-state index in [0.29, 0.717) is 31.0 Å². The number of hydrogen-bond donors (Lipinski definition) is 2. The van der Waals surface area contributed by atoms with E-state index >= 15 is 0 Å². The Balaban J connectivity index is 1.57. The summed E-state index contributed by atoms with van der Waals surface area (Å²) in [7, 11) is 0. The molecule has 3 nitrogen and oxygen atoms in total. The molecule has 2 aliphatic rings. The van der Waals surface area contributed by atoms with Crippen molar-refractivity contribution < 1.29 is 14.9 Å². The highest BCUT2D eigenvalue weighted by molar-refractivity contribution is 5.15. The van der Waals surface area contributed by atoms with Crippen LogP contribution in [0.1, 0.15) is 12.0 Å². The summed E-state index contributed by atoms with van der Waals surface area (Å²) in [6.45, 7) is 1.11. The van der Waals surface area contributed by atoms with Crippen LogP contribution in [-0.2, 0) is 11.3 Å². The fraction of sp³-hybridized carbons (Fsp3) is 0.529. The molecule has 0 heterocycles. The third-order valence-corrected chi connectivity index (χ3v) is 4.74. The number of rotatable bonds is 6. The molecule has 1 fully saturated rings. The average Bonchev–Trinajstić information content (AvgIpc) is 3.09. The summed E-state index contributed by atoms with van der Waals surface area (Å²) < 4.78 is 5.85. The van der Waals surface area contributed by atoms with Crippen molar-refractivity contribution in [3.8, 4) is 0 Å². The molecule has 1 saturated carbocycles. The van der Waals surface area contributed by atoms with Crippen LogP contribution >= 0.6 is 0 Å².